The summed E-state index contributed by atoms with van der Waals surface area (Å²) in [6.07, 6.45) is 3.08. The molecular weight excluding hydrogens is 254 g/mol. The summed E-state index contributed by atoms with van der Waals surface area (Å²) in [5, 5.41) is 12.1. The molecular formula is C16H21NO3. The lowest BCUT2D eigenvalue weighted by atomic mass is 9.78. The lowest BCUT2D eigenvalue weighted by Crippen LogP contribution is -2.36. The highest BCUT2D eigenvalue weighted by atomic mass is 16.4. The van der Waals surface area contributed by atoms with E-state index < -0.39 is 17.8 Å². The van der Waals surface area contributed by atoms with Crippen LogP contribution in [0.4, 0.5) is 5.69 Å². The molecule has 1 saturated carbocycles. The van der Waals surface area contributed by atoms with Crippen molar-refractivity contribution < 1.29 is 14.7 Å². The molecule has 1 aliphatic rings. The second-order valence-corrected chi connectivity index (χ2v) is 5.57. The first-order chi connectivity index (χ1) is 9.50. The molecule has 2 N–H and O–H groups in total. The first-order valence-electron chi connectivity index (χ1n) is 7.10. The number of benzene rings is 1. The molecule has 4 nitrogen and oxygen atoms in total. The number of carboxylic acid groups (broad SMARTS) is 1. The molecule has 1 aromatic carbocycles. The van der Waals surface area contributed by atoms with Crippen molar-refractivity contribution in [3.8, 4) is 0 Å². The first-order valence-corrected chi connectivity index (χ1v) is 7.10. The second kappa shape index (κ2) is 6.07. The zero-order valence-corrected chi connectivity index (χ0v) is 12.0. The van der Waals surface area contributed by atoms with Crippen molar-refractivity contribution in [2.45, 2.75) is 39.5 Å². The topological polar surface area (TPSA) is 66.4 Å². The molecule has 1 aromatic rings. The maximum absolute atomic E-state index is 12.4. The number of rotatable bonds is 3. The van der Waals surface area contributed by atoms with E-state index in [4.69, 9.17) is 0 Å². The smallest absolute Gasteiger partial charge is 0.307 e. The Balaban J connectivity index is 2.14. The monoisotopic (exact) mass is 275 g/mol. The molecule has 0 spiro atoms. The number of nitrogens with one attached hydrogen (secondary N) is 1. The van der Waals surface area contributed by atoms with Crippen LogP contribution < -0.4 is 5.32 Å². The van der Waals surface area contributed by atoms with Crippen LogP contribution in [0, 0.1) is 25.7 Å². The SMILES string of the molecule is Cc1cccc(NC(=O)[C@@H]2CCCC[C@@H]2C(=O)O)c1C. The quantitative estimate of drug-likeness (QED) is 0.890. The molecule has 20 heavy (non-hydrogen) atoms. The highest BCUT2D eigenvalue weighted by Crippen LogP contribution is 2.31. The highest BCUT2D eigenvalue weighted by molar-refractivity contribution is 5.95. The van der Waals surface area contributed by atoms with Crippen LogP contribution in [0.15, 0.2) is 18.2 Å². The fourth-order valence-corrected chi connectivity index (χ4v) is 2.85. The Kier molecular flexibility index (Phi) is 4.42. The van der Waals surface area contributed by atoms with Gasteiger partial charge in [-0.2, -0.15) is 0 Å². The number of aryl methyl sites for hydroxylation is 1. The zero-order valence-electron chi connectivity index (χ0n) is 12.0. The standard InChI is InChI=1S/C16H21NO3/c1-10-6-5-9-14(11(10)2)17-15(18)12-7-3-4-8-13(12)16(19)20/h5-6,9,12-13H,3-4,7-8H2,1-2H3,(H,17,18)(H,19,20)/t12-,13+/m1/s1. The lowest BCUT2D eigenvalue weighted by Gasteiger charge is -2.27. The Morgan fingerprint density at radius 3 is 2.45 bits per heavy atom. The van der Waals surface area contributed by atoms with Crippen LogP contribution in [-0.4, -0.2) is 17.0 Å². The predicted molar refractivity (Wildman–Crippen MR) is 77.6 cm³/mol. The van der Waals surface area contributed by atoms with Gasteiger partial charge in [0.05, 0.1) is 11.8 Å². The van der Waals surface area contributed by atoms with Gasteiger partial charge in [-0.1, -0.05) is 25.0 Å². The summed E-state index contributed by atoms with van der Waals surface area (Å²) in [6.45, 7) is 3.95. The molecule has 0 radical (unpaired) electrons. The van der Waals surface area contributed by atoms with Crippen molar-refractivity contribution in [1.29, 1.82) is 0 Å². The maximum Gasteiger partial charge on any atom is 0.307 e. The number of carboxylic acids is 1. The third kappa shape index (κ3) is 3.00. The minimum Gasteiger partial charge on any atom is -0.481 e. The summed E-state index contributed by atoms with van der Waals surface area (Å²) >= 11 is 0. The molecule has 1 aliphatic carbocycles. The van der Waals surface area contributed by atoms with Crippen LogP contribution in [0.25, 0.3) is 0 Å². The molecule has 0 unspecified atom stereocenters. The van der Waals surface area contributed by atoms with Gasteiger partial charge in [-0.05, 0) is 43.9 Å². The summed E-state index contributed by atoms with van der Waals surface area (Å²) in [5.74, 6) is -1.98. The minimum absolute atomic E-state index is 0.161. The van der Waals surface area contributed by atoms with Crippen LogP contribution in [0.5, 0.6) is 0 Å². The second-order valence-electron chi connectivity index (χ2n) is 5.57. The van der Waals surface area contributed by atoms with E-state index in [9.17, 15) is 14.7 Å². The third-order valence-corrected chi connectivity index (χ3v) is 4.28. The van der Waals surface area contributed by atoms with Crippen molar-refractivity contribution in [3.05, 3.63) is 29.3 Å². The van der Waals surface area contributed by atoms with E-state index in [1.54, 1.807) is 0 Å². The Labute approximate surface area is 119 Å². The molecule has 0 bridgehead atoms. The van der Waals surface area contributed by atoms with Gasteiger partial charge in [0.1, 0.15) is 0 Å². The van der Waals surface area contributed by atoms with Crippen LogP contribution in [0.3, 0.4) is 0 Å². The zero-order chi connectivity index (χ0) is 14.7. The van der Waals surface area contributed by atoms with Crippen molar-refractivity contribution in [2.24, 2.45) is 11.8 Å². The van der Waals surface area contributed by atoms with Gasteiger partial charge in [-0.15, -0.1) is 0 Å². The summed E-state index contributed by atoms with van der Waals surface area (Å²) in [4.78, 5) is 23.6. The molecule has 2 atom stereocenters. The minimum atomic E-state index is -0.856. The number of hydrogen-bond donors (Lipinski definition) is 2. The number of hydrogen-bond acceptors (Lipinski definition) is 2. The molecule has 0 aliphatic heterocycles. The van der Waals surface area contributed by atoms with Gasteiger partial charge in [-0.3, -0.25) is 9.59 Å². The molecule has 4 heteroatoms. The normalized spacial score (nSPS) is 22.3. The van der Waals surface area contributed by atoms with E-state index in [1.165, 1.54) is 0 Å². The van der Waals surface area contributed by atoms with Crippen molar-refractivity contribution in [1.82, 2.24) is 0 Å². The van der Waals surface area contributed by atoms with E-state index in [0.29, 0.717) is 12.8 Å². The molecule has 108 valence electrons. The van der Waals surface area contributed by atoms with Gasteiger partial charge in [0.15, 0.2) is 0 Å². The Hall–Kier alpha value is -1.84. The molecule has 0 heterocycles. The predicted octanol–water partition coefficient (Wildman–Crippen LogP) is 3.13. The summed E-state index contributed by atoms with van der Waals surface area (Å²) in [6, 6.07) is 5.75. The van der Waals surface area contributed by atoms with Gasteiger partial charge in [0, 0.05) is 5.69 Å². The van der Waals surface area contributed by atoms with E-state index in [0.717, 1.165) is 29.7 Å². The Bertz CT molecular complexity index is 524. The Morgan fingerprint density at radius 1 is 1.15 bits per heavy atom. The van der Waals surface area contributed by atoms with Gasteiger partial charge in [0.25, 0.3) is 0 Å². The molecule has 0 aromatic heterocycles. The van der Waals surface area contributed by atoms with E-state index in [-0.39, 0.29) is 5.91 Å². The number of carbonyl (C=O) groups is 2. The van der Waals surface area contributed by atoms with Crippen molar-refractivity contribution in [3.63, 3.8) is 0 Å². The number of carbonyl (C=O) groups excluding carboxylic acids is 1. The lowest BCUT2D eigenvalue weighted by molar-refractivity contribution is -0.147. The van der Waals surface area contributed by atoms with Gasteiger partial charge in [-0.25, -0.2) is 0 Å². The molecule has 1 fully saturated rings. The van der Waals surface area contributed by atoms with Gasteiger partial charge in [0.2, 0.25) is 5.91 Å². The Morgan fingerprint density at radius 2 is 1.80 bits per heavy atom. The fourth-order valence-electron chi connectivity index (χ4n) is 2.85. The average molecular weight is 275 g/mol. The summed E-state index contributed by atoms with van der Waals surface area (Å²) < 4.78 is 0. The molecule has 1 amide bonds. The maximum atomic E-state index is 12.4. The van der Waals surface area contributed by atoms with Crippen LogP contribution in [-0.2, 0) is 9.59 Å². The van der Waals surface area contributed by atoms with Crippen molar-refractivity contribution >= 4 is 17.6 Å². The number of aliphatic carboxylic acids is 1. The summed E-state index contributed by atoms with van der Waals surface area (Å²) in [7, 11) is 0. The number of amides is 1. The molecule has 2 rings (SSSR count). The fraction of sp³-hybridized carbons (Fsp3) is 0.500. The average Bonchev–Trinajstić information content (AvgIpc) is 2.43. The third-order valence-electron chi connectivity index (χ3n) is 4.28. The van der Waals surface area contributed by atoms with Crippen molar-refractivity contribution in [2.75, 3.05) is 5.32 Å². The first kappa shape index (κ1) is 14.6. The van der Waals surface area contributed by atoms with Gasteiger partial charge >= 0.3 is 5.97 Å². The van der Waals surface area contributed by atoms with Crippen LogP contribution in [0.2, 0.25) is 0 Å². The summed E-state index contributed by atoms with van der Waals surface area (Å²) in [5.41, 5.74) is 2.93. The van der Waals surface area contributed by atoms with E-state index in [2.05, 4.69) is 5.32 Å². The largest absolute Gasteiger partial charge is 0.481 e. The highest BCUT2D eigenvalue weighted by Gasteiger charge is 2.35. The van der Waals surface area contributed by atoms with Crippen LogP contribution in [0.1, 0.15) is 36.8 Å². The van der Waals surface area contributed by atoms with E-state index >= 15 is 0 Å². The van der Waals surface area contributed by atoms with Gasteiger partial charge < -0.3 is 10.4 Å². The molecule has 0 saturated heterocycles. The van der Waals surface area contributed by atoms with E-state index in [1.807, 2.05) is 32.0 Å². The van der Waals surface area contributed by atoms with Crippen LogP contribution >= 0.6 is 0 Å². The number of anilines is 1.